The first kappa shape index (κ1) is 11.6. The third-order valence-electron chi connectivity index (χ3n) is 2.38. The van der Waals surface area contributed by atoms with Gasteiger partial charge in [-0.2, -0.15) is 0 Å². The minimum Gasteiger partial charge on any atom is -0.358 e. The van der Waals surface area contributed by atoms with Crippen LogP contribution in [0.1, 0.15) is 0 Å². The zero-order chi connectivity index (χ0) is 13.4. The molecule has 9 nitrogen and oxygen atoms in total. The number of nitro groups is 1. The molecule has 0 saturated carbocycles. The topological polar surface area (TPSA) is 115 Å². The van der Waals surface area contributed by atoms with Gasteiger partial charge in [0.05, 0.1) is 12.5 Å². The van der Waals surface area contributed by atoms with Crippen molar-refractivity contribution in [2.75, 3.05) is 0 Å². The molecule has 0 aromatic carbocycles. The molecule has 0 radical (unpaired) electrons. The zero-order valence-corrected chi connectivity index (χ0v) is 10.5. The maximum atomic E-state index is 10.9. The van der Waals surface area contributed by atoms with Gasteiger partial charge in [0.15, 0.2) is 15.8 Å². The summed E-state index contributed by atoms with van der Waals surface area (Å²) in [5.41, 5.74) is 1.23. The maximum absolute atomic E-state index is 10.9. The van der Waals surface area contributed by atoms with Crippen LogP contribution in [0.4, 0.5) is 5.82 Å². The first-order valence-corrected chi connectivity index (χ1v) is 5.96. The summed E-state index contributed by atoms with van der Waals surface area (Å²) in [6.45, 7) is 0. The first-order valence-electron chi connectivity index (χ1n) is 5.15. The molecule has 0 saturated heterocycles. The van der Waals surface area contributed by atoms with Gasteiger partial charge < -0.3 is 19.7 Å². The highest BCUT2D eigenvalue weighted by molar-refractivity contribution is 7.99. The summed E-state index contributed by atoms with van der Waals surface area (Å²) in [6.07, 6.45) is 4.48. The van der Waals surface area contributed by atoms with Gasteiger partial charge in [-0.3, -0.25) is 0 Å². The Labute approximate surface area is 110 Å². The Morgan fingerprint density at radius 1 is 1.42 bits per heavy atom. The molecule has 0 unspecified atom stereocenters. The largest absolute Gasteiger partial charge is 0.396 e. The number of aromatic nitrogens is 6. The first-order chi connectivity index (χ1) is 9.15. The van der Waals surface area contributed by atoms with Gasteiger partial charge in [-0.25, -0.2) is 15.0 Å². The minimum atomic E-state index is -0.532. The van der Waals surface area contributed by atoms with Crippen molar-refractivity contribution in [1.82, 2.24) is 29.5 Å². The van der Waals surface area contributed by atoms with Crippen LogP contribution in [0.15, 0.2) is 29.0 Å². The van der Waals surface area contributed by atoms with Gasteiger partial charge in [-0.15, -0.1) is 0 Å². The van der Waals surface area contributed by atoms with Crippen LogP contribution in [0.3, 0.4) is 0 Å². The third-order valence-corrected chi connectivity index (χ3v) is 3.42. The number of imidazole rings is 2. The number of aryl methyl sites for hydroxylation is 1. The van der Waals surface area contributed by atoms with Crippen LogP contribution < -0.4 is 0 Å². The van der Waals surface area contributed by atoms with Gasteiger partial charge in [-0.1, -0.05) is 0 Å². The van der Waals surface area contributed by atoms with E-state index in [1.165, 1.54) is 12.7 Å². The third kappa shape index (κ3) is 2.01. The second-order valence-electron chi connectivity index (χ2n) is 3.64. The van der Waals surface area contributed by atoms with Crippen molar-refractivity contribution >= 4 is 28.7 Å². The molecule has 0 spiro atoms. The van der Waals surface area contributed by atoms with Crippen molar-refractivity contribution in [3.8, 4) is 0 Å². The van der Waals surface area contributed by atoms with Gasteiger partial charge >= 0.3 is 5.82 Å². The number of hydrogen-bond donors (Lipinski definition) is 1. The molecule has 0 aliphatic rings. The number of nitrogens with zero attached hydrogens (tertiary/aromatic N) is 6. The number of rotatable bonds is 3. The lowest BCUT2D eigenvalue weighted by molar-refractivity contribution is -0.392. The number of nitrogens with one attached hydrogen (secondary N) is 1. The molecular weight excluding hydrogens is 270 g/mol. The Kier molecular flexibility index (Phi) is 2.63. The quantitative estimate of drug-likeness (QED) is 0.433. The molecular formula is C9H7N7O2S. The van der Waals surface area contributed by atoms with E-state index in [9.17, 15) is 10.1 Å². The van der Waals surface area contributed by atoms with Crippen LogP contribution in [-0.2, 0) is 7.05 Å². The van der Waals surface area contributed by atoms with Gasteiger partial charge in [0.25, 0.3) is 0 Å². The Hall–Kier alpha value is -2.49. The van der Waals surface area contributed by atoms with E-state index in [2.05, 4.69) is 24.9 Å². The predicted octanol–water partition coefficient (Wildman–Crippen LogP) is 1.15. The van der Waals surface area contributed by atoms with Crippen molar-refractivity contribution in [2.45, 2.75) is 10.2 Å². The van der Waals surface area contributed by atoms with Crippen molar-refractivity contribution in [1.29, 1.82) is 0 Å². The van der Waals surface area contributed by atoms with Gasteiger partial charge in [0.2, 0.25) is 6.33 Å². The number of aromatic amines is 1. The van der Waals surface area contributed by atoms with E-state index in [4.69, 9.17) is 0 Å². The van der Waals surface area contributed by atoms with Gasteiger partial charge in [0.1, 0.15) is 5.52 Å². The Morgan fingerprint density at radius 3 is 3.05 bits per heavy atom. The summed E-state index contributed by atoms with van der Waals surface area (Å²) >= 11 is 1.08. The molecule has 3 aromatic rings. The fourth-order valence-electron chi connectivity index (χ4n) is 1.51. The molecule has 96 valence electrons. The molecule has 0 amide bonds. The van der Waals surface area contributed by atoms with E-state index in [1.54, 1.807) is 17.8 Å². The molecule has 3 heterocycles. The predicted molar refractivity (Wildman–Crippen MR) is 65.7 cm³/mol. The maximum Gasteiger partial charge on any atom is 0.396 e. The summed E-state index contributed by atoms with van der Waals surface area (Å²) < 4.78 is 1.56. The molecule has 3 aromatic heterocycles. The standard InChI is InChI=1S/C9H7N7O2S/c1-15-4-13-7(16(17)18)8(15)19-9-10-2-5-6(14-9)12-3-11-5/h2-4H,1H3,(H,10,11,12,14). The number of H-pyrrole nitrogens is 1. The fraction of sp³-hybridized carbons (Fsp3) is 0.111. The molecule has 1 N–H and O–H groups in total. The molecule has 0 atom stereocenters. The van der Waals surface area contributed by atoms with Crippen LogP contribution in [0, 0.1) is 10.1 Å². The SMILES string of the molecule is Cn1cnc([N+](=O)[O-])c1Sc1ncc2[nH]cnc2n1. The van der Waals surface area contributed by atoms with Gasteiger partial charge in [0, 0.05) is 7.05 Å². The number of hydrogen-bond acceptors (Lipinski definition) is 7. The summed E-state index contributed by atoms with van der Waals surface area (Å²) in [4.78, 5) is 29.2. The summed E-state index contributed by atoms with van der Waals surface area (Å²) in [5, 5.41) is 11.6. The lowest BCUT2D eigenvalue weighted by Crippen LogP contribution is -1.95. The van der Waals surface area contributed by atoms with E-state index < -0.39 is 4.92 Å². The Morgan fingerprint density at radius 2 is 2.26 bits per heavy atom. The number of fused-ring (bicyclic) bond motifs is 1. The summed E-state index contributed by atoms with van der Waals surface area (Å²) in [6, 6.07) is 0. The second-order valence-corrected chi connectivity index (χ2v) is 4.59. The molecule has 0 fully saturated rings. The average molecular weight is 277 g/mol. The Bertz CT molecular complexity index is 765. The monoisotopic (exact) mass is 277 g/mol. The van der Waals surface area contributed by atoms with Crippen LogP contribution in [0.5, 0.6) is 0 Å². The van der Waals surface area contributed by atoms with E-state index in [1.807, 2.05) is 0 Å². The highest BCUT2D eigenvalue weighted by Gasteiger charge is 2.22. The normalized spacial score (nSPS) is 11.0. The molecule has 0 aliphatic carbocycles. The van der Waals surface area contributed by atoms with E-state index in [-0.39, 0.29) is 5.82 Å². The fourth-order valence-corrected chi connectivity index (χ4v) is 2.33. The highest BCUT2D eigenvalue weighted by atomic mass is 32.2. The molecule has 10 heteroatoms. The van der Waals surface area contributed by atoms with Crippen LogP contribution in [0.25, 0.3) is 11.2 Å². The molecule has 0 bridgehead atoms. The Balaban J connectivity index is 2.00. The van der Waals surface area contributed by atoms with Crippen LogP contribution in [0.2, 0.25) is 0 Å². The van der Waals surface area contributed by atoms with E-state index in [0.29, 0.717) is 21.3 Å². The van der Waals surface area contributed by atoms with Crippen molar-refractivity contribution in [3.63, 3.8) is 0 Å². The minimum absolute atomic E-state index is 0.210. The smallest absolute Gasteiger partial charge is 0.358 e. The zero-order valence-electron chi connectivity index (χ0n) is 9.64. The molecule has 3 rings (SSSR count). The van der Waals surface area contributed by atoms with Crippen LogP contribution in [-0.4, -0.2) is 34.4 Å². The van der Waals surface area contributed by atoms with E-state index in [0.717, 1.165) is 11.8 Å². The second kappa shape index (κ2) is 4.31. The van der Waals surface area contributed by atoms with Crippen molar-refractivity contribution < 1.29 is 4.92 Å². The van der Waals surface area contributed by atoms with Crippen molar-refractivity contribution in [3.05, 3.63) is 29.0 Å². The summed E-state index contributed by atoms with van der Waals surface area (Å²) in [5.74, 6) is -0.210. The lowest BCUT2D eigenvalue weighted by Gasteiger charge is -2.00. The van der Waals surface area contributed by atoms with Crippen molar-refractivity contribution in [2.24, 2.45) is 7.05 Å². The van der Waals surface area contributed by atoms with Gasteiger partial charge in [-0.05, 0) is 21.7 Å². The average Bonchev–Trinajstić information content (AvgIpc) is 2.97. The summed E-state index contributed by atoms with van der Waals surface area (Å²) in [7, 11) is 1.68. The molecule has 19 heavy (non-hydrogen) atoms. The molecule has 0 aliphatic heterocycles. The van der Waals surface area contributed by atoms with Crippen LogP contribution >= 0.6 is 11.8 Å². The lowest BCUT2D eigenvalue weighted by atomic mass is 10.6. The van der Waals surface area contributed by atoms with E-state index >= 15 is 0 Å². The highest BCUT2D eigenvalue weighted by Crippen LogP contribution is 2.31.